The first kappa shape index (κ1) is 15.1. The molecule has 0 bridgehead atoms. The molecule has 0 atom stereocenters. The summed E-state index contributed by atoms with van der Waals surface area (Å²) in [7, 11) is 0. The predicted molar refractivity (Wildman–Crippen MR) is 99.0 cm³/mol. The number of hydrogen-bond donors (Lipinski definition) is 0. The molecule has 3 aromatic rings. The van der Waals surface area contributed by atoms with Gasteiger partial charge < -0.3 is 4.57 Å². The van der Waals surface area contributed by atoms with Crippen LogP contribution in [-0.2, 0) is 6.54 Å². The summed E-state index contributed by atoms with van der Waals surface area (Å²) in [5, 5.41) is 2.69. The number of benzene rings is 2. The van der Waals surface area contributed by atoms with E-state index in [0.717, 1.165) is 15.5 Å². The normalized spacial score (nSPS) is 11.6. The molecule has 1 nitrogen and oxygen atoms in total. The zero-order chi connectivity index (χ0) is 14.8. The number of fused-ring (bicyclic) bond motifs is 3. The highest BCUT2D eigenvalue weighted by molar-refractivity contribution is 9.10. The molecule has 0 aliphatic rings. The third kappa shape index (κ3) is 3.04. The molecule has 0 radical (unpaired) electrons. The van der Waals surface area contributed by atoms with Crippen LogP contribution in [0.15, 0.2) is 45.3 Å². The van der Waals surface area contributed by atoms with Crippen LogP contribution in [0.3, 0.4) is 0 Å². The SMILES string of the molecule is CCCCCCn1c2cc(Br)ccc2c2ccc(Br)cc21. The number of halogens is 2. The molecular weight excluding hydrogens is 390 g/mol. The number of aromatic nitrogens is 1. The summed E-state index contributed by atoms with van der Waals surface area (Å²) >= 11 is 7.22. The van der Waals surface area contributed by atoms with E-state index in [0.29, 0.717) is 0 Å². The second kappa shape index (κ2) is 6.53. The minimum atomic E-state index is 1.09. The highest BCUT2D eigenvalue weighted by Gasteiger charge is 2.11. The van der Waals surface area contributed by atoms with E-state index in [9.17, 15) is 0 Å². The Morgan fingerprint density at radius 3 is 1.90 bits per heavy atom. The van der Waals surface area contributed by atoms with Gasteiger partial charge in [-0.2, -0.15) is 0 Å². The molecule has 0 aliphatic heterocycles. The molecule has 1 aromatic heterocycles. The first-order valence-corrected chi connectivity index (χ1v) is 9.16. The maximum Gasteiger partial charge on any atom is 0.0502 e. The quantitative estimate of drug-likeness (QED) is 0.404. The van der Waals surface area contributed by atoms with Crippen LogP contribution in [0, 0.1) is 0 Å². The maximum atomic E-state index is 3.61. The summed E-state index contributed by atoms with van der Waals surface area (Å²) in [5.74, 6) is 0. The average Bonchev–Trinajstić information content (AvgIpc) is 2.76. The molecule has 0 N–H and O–H groups in total. The Bertz CT molecular complexity index is 714. The average molecular weight is 409 g/mol. The van der Waals surface area contributed by atoms with Gasteiger partial charge in [-0.15, -0.1) is 0 Å². The van der Waals surface area contributed by atoms with Crippen molar-refractivity contribution in [3.05, 3.63) is 45.3 Å². The van der Waals surface area contributed by atoms with Crippen molar-refractivity contribution in [2.45, 2.75) is 39.2 Å². The van der Waals surface area contributed by atoms with Crippen molar-refractivity contribution in [3.63, 3.8) is 0 Å². The molecule has 3 heteroatoms. The third-order valence-corrected chi connectivity index (χ3v) is 5.01. The fourth-order valence-electron chi connectivity index (χ4n) is 2.98. The molecule has 0 saturated heterocycles. The first-order chi connectivity index (χ1) is 10.2. The molecule has 21 heavy (non-hydrogen) atoms. The van der Waals surface area contributed by atoms with E-state index < -0.39 is 0 Å². The van der Waals surface area contributed by atoms with Crippen LogP contribution in [0.2, 0.25) is 0 Å². The Labute approximate surface area is 142 Å². The fourth-order valence-corrected chi connectivity index (χ4v) is 3.68. The number of rotatable bonds is 5. The number of nitrogens with zero attached hydrogens (tertiary/aromatic N) is 1. The molecule has 3 rings (SSSR count). The van der Waals surface area contributed by atoms with Crippen LogP contribution in [0.4, 0.5) is 0 Å². The molecule has 0 spiro atoms. The summed E-state index contributed by atoms with van der Waals surface area (Å²) in [6, 6.07) is 13.2. The van der Waals surface area contributed by atoms with Gasteiger partial charge in [0.05, 0.1) is 11.0 Å². The maximum absolute atomic E-state index is 3.61. The lowest BCUT2D eigenvalue weighted by Crippen LogP contribution is -1.97. The molecule has 2 aromatic carbocycles. The second-order valence-corrected chi connectivity index (χ2v) is 7.37. The van der Waals surface area contributed by atoms with Crippen LogP contribution in [0.1, 0.15) is 32.6 Å². The number of hydrogen-bond acceptors (Lipinski definition) is 0. The van der Waals surface area contributed by atoms with E-state index >= 15 is 0 Å². The standard InChI is InChI=1S/C18H19Br2N/c1-2-3-4-5-10-21-17-11-13(19)6-8-15(17)16-9-7-14(20)12-18(16)21/h6-9,11-12H,2-5,10H2,1H3. The summed E-state index contributed by atoms with van der Waals surface area (Å²) < 4.78 is 4.76. The van der Waals surface area contributed by atoms with E-state index in [1.807, 2.05) is 0 Å². The van der Waals surface area contributed by atoms with Crippen LogP contribution in [0.25, 0.3) is 21.8 Å². The van der Waals surface area contributed by atoms with Gasteiger partial charge in [0, 0.05) is 26.3 Å². The van der Waals surface area contributed by atoms with Gasteiger partial charge in [0.15, 0.2) is 0 Å². The number of unbranched alkanes of at least 4 members (excludes halogenated alkanes) is 3. The zero-order valence-corrected chi connectivity index (χ0v) is 15.4. The third-order valence-electron chi connectivity index (χ3n) is 4.03. The topological polar surface area (TPSA) is 4.93 Å². The van der Waals surface area contributed by atoms with Crippen LogP contribution >= 0.6 is 31.9 Å². The Morgan fingerprint density at radius 2 is 1.38 bits per heavy atom. The molecule has 0 aliphatic carbocycles. The van der Waals surface area contributed by atoms with Gasteiger partial charge in [-0.05, 0) is 30.7 Å². The Balaban J connectivity index is 2.12. The van der Waals surface area contributed by atoms with Gasteiger partial charge >= 0.3 is 0 Å². The van der Waals surface area contributed by atoms with E-state index in [4.69, 9.17) is 0 Å². The van der Waals surface area contributed by atoms with Gasteiger partial charge in [0.2, 0.25) is 0 Å². The fraction of sp³-hybridized carbons (Fsp3) is 0.333. The lowest BCUT2D eigenvalue weighted by Gasteiger charge is -2.07. The monoisotopic (exact) mass is 407 g/mol. The summed E-state index contributed by atoms with van der Waals surface area (Å²) in [5.41, 5.74) is 2.66. The zero-order valence-electron chi connectivity index (χ0n) is 12.2. The number of aryl methyl sites for hydroxylation is 1. The lowest BCUT2D eigenvalue weighted by molar-refractivity contribution is 0.602. The second-order valence-electron chi connectivity index (χ2n) is 5.54. The minimum absolute atomic E-state index is 1.09. The van der Waals surface area contributed by atoms with Gasteiger partial charge in [-0.1, -0.05) is 70.2 Å². The highest BCUT2D eigenvalue weighted by Crippen LogP contribution is 2.33. The van der Waals surface area contributed by atoms with E-state index in [1.165, 1.54) is 47.5 Å². The molecule has 1 heterocycles. The first-order valence-electron chi connectivity index (χ1n) is 7.57. The van der Waals surface area contributed by atoms with Crippen molar-refractivity contribution in [2.75, 3.05) is 0 Å². The summed E-state index contributed by atoms with van der Waals surface area (Å²) in [4.78, 5) is 0. The van der Waals surface area contributed by atoms with Crippen molar-refractivity contribution >= 4 is 53.7 Å². The predicted octanol–water partition coefficient (Wildman–Crippen LogP) is 6.90. The van der Waals surface area contributed by atoms with E-state index in [1.54, 1.807) is 0 Å². The van der Waals surface area contributed by atoms with E-state index in [2.05, 4.69) is 79.7 Å². The smallest absolute Gasteiger partial charge is 0.0502 e. The van der Waals surface area contributed by atoms with Crippen LogP contribution in [-0.4, -0.2) is 4.57 Å². The van der Waals surface area contributed by atoms with Crippen molar-refractivity contribution in [2.24, 2.45) is 0 Å². The van der Waals surface area contributed by atoms with E-state index in [-0.39, 0.29) is 0 Å². The molecule has 110 valence electrons. The highest BCUT2D eigenvalue weighted by atomic mass is 79.9. The van der Waals surface area contributed by atoms with Crippen LogP contribution < -0.4 is 0 Å². The van der Waals surface area contributed by atoms with Gasteiger partial charge in [-0.25, -0.2) is 0 Å². The van der Waals surface area contributed by atoms with Crippen molar-refractivity contribution in [3.8, 4) is 0 Å². The molecular formula is C18H19Br2N. The van der Waals surface area contributed by atoms with Crippen molar-refractivity contribution in [1.29, 1.82) is 0 Å². The molecule has 0 unspecified atom stereocenters. The summed E-state index contributed by atoms with van der Waals surface area (Å²) in [6.45, 7) is 3.35. The van der Waals surface area contributed by atoms with Gasteiger partial charge in [0.1, 0.15) is 0 Å². The van der Waals surface area contributed by atoms with Crippen molar-refractivity contribution in [1.82, 2.24) is 4.57 Å². The molecule has 0 fully saturated rings. The molecule has 0 amide bonds. The minimum Gasteiger partial charge on any atom is -0.340 e. The summed E-state index contributed by atoms with van der Waals surface area (Å²) in [6.07, 6.45) is 5.15. The van der Waals surface area contributed by atoms with Gasteiger partial charge in [-0.3, -0.25) is 0 Å². The Kier molecular flexibility index (Phi) is 4.70. The van der Waals surface area contributed by atoms with Crippen LogP contribution in [0.5, 0.6) is 0 Å². The van der Waals surface area contributed by atoms with Gasteiger partial charge in [0.25, 0.3) is 0 Å². The Hall–Kier alpha value is -0.800. The van der Waals surface area contributed by atoms with Crippen molar-refractivity contribution < 1.29 is 0 Å². The lowest BCUT2D eigenvalue weighted by atomic mass is 10.2. The molecule has 0 saturated carbocycles. The largest absolute Gasteiger partial charge is 0.340 e. The Morgan fingerprint density at radius 1 is 0.810 bits per heavy atom.